The lowest BCUT2D eigenvalue weighted by atomic mass is 10.2. The minimum atomic E-state index is -3.54. The Morgan fingerprint density at radius 2 is 1.71 bits per heavy atom. The number of carbonyl (C=O) groups is 1. The van der Waals surface area contributed by atoms with Gasteiger partial charge in [-0.25, -0.2) is 8.42 Å². The van der Waals surface area contributed by atoms with Crippen LogP contribution in [0.2, 0.25) is 0 Å². The fourth-order valence-electron chi connectivity index (χ4n) is 3.75. The molecule has 0 aromatic heterocycles. The predicted molar refractivity (Wildman–Crippen MR) is 121 cm³/mol. The van der Waals surface area contributed by atoms with Gasteiger partial charge in [0.2, 0.25) is 5.91 Å². The summed E-state index contributed by atoms with van der Waals surface area (Å²) in [5, 5.41) is 0. The number of rotatable bonds is 6. The Morgan fingerprint density at radius 3 is 2.48 bits per heavy atom. The zero-order valence-corrected chi connectivity index (χ0v) is 18.1. The smallest absolute Gasteiger partial charge is 0.263 e. The van der Waals surface area contributed by atoms with Crippen molar-refractivity contribution in [1.82, 2.24) is 14.5 Å². The van der Waals surface area contributed by atoms with E-state index in [2.05, 4.69) is 38.9 Å². The van der Waals surface area contributed by atoms with Crippen LogP contribution in [-0.4, -0.2) is 69.2 Å². The van der Waals surface area contributed by atoms with E-state index in [1.807, 2.05) is 23.1 Å². The number of hydrogen-bond donors (Lipinski definition) is 1. The van der Waals surface area contributed by atoms with E-state index in [0.717, 1.165) is 19.6 Å². The summed E-state index contributed by atoms with van der Waals surface area (Å²) in [7, 11) is -3.54. The summed E-state index contributed by atoms with van der Waals surface area (Å²) in [6.07, 6.45) is 4.54. The van der Waals surface area contributed by atoms with Crippen molar-refractivity contribution in [2.45, 2.75) is 11.3 Å². The van der Waals surface area contributed by atoms with Crippen molar-refractivity contribution < 1.29 is 13.2 Å². The van der Waals surface area contributed by atoms with Crippen molar-refractivity contribution in [3.63, 3.8) is 0 Å². The topological polar surface area (TPSA) is 82.1 Å². The molecule has 4 rings (SSSR count). The van der Waals surface area contributed by atoms with Gasteiger partial charge >= 0.3 is 0 Å². The Morgan fingerprint density at radius 1 is 1.00 bits per heavy atom. The van der Waals surface area contributed by atoms with Crippen molar-refractivity contribution in [2.24, 2.45) is 4.99 Å². The molecule has 2 heterocycles. The monoisotopic (exact) mass is 438 g/mol. The van der Waals surface area contributed by atoms with Crippen molar-refractivity contribution in [2.75, 3.05) is 39.3 Å². The van der Waals surface area contributed by atoms with Gasteiger partial charge in [0.05, 0.1) is 11.4 Å². The number of hydrogen-bond acceptors (Lipinski definition) is 5. The maximum absolute atomic E-state index is 12.5. The first-order chi connectivity index (χ1) is 15.0. The highest BCUT2D eigenvalue weighted by molar-refractivity contribution is 7.90. The molecule has 0 atom stereocenters. The molecule has 1 N–H and O–H groups in total. The van der Waals surface area contributed by atoms with Gasteiger partial charge in [0.1, 0.15) is 5.84 Å². The number of nitrogens with zero attached hydrogens (tertiary/aromatic N) is 3. The molecule has 1 saturated heterocycles. The highest BCUT2D eigenvalue weighted by Gasteiger charge is 2.30. The molecule has 8 heteroatoms. The third-order valence-electron chi connectivity index (χ3n) is 5.46. The molecule has 0 radical (unpaired) electrons. The number of carbonyl (C=O) groups excluding carboxylic acids is 1. The quantitative estimate of drug-likeness (QED) is 0.748. The van der Waals surface area contributed by atoms with Gasteiger partial charge in [0, 0.05) is 44.7 Å². The molecular formula is C23H26N4O3S. The van der Waals surface area contributed by atoms with Crippen molar-refractivity contribution >= 4 is 27.8 Å². The first-order valence-electron chi connectivity index (χ1n) is 10.4. The summed E-state index contributed by atoms with van der Waals surface area (Å²) in [6.45, 7) is 4.20. The lowest BCUT2D eigenvalue weighted by Gasteiger charge is -2.34. The van der Waals surface area contributed by atoms with E-state index in [1.54, 1.807) is 24.3 Å². The van der Waals surface area contributed by atoms with Gasteiger partial charge in [-0.3, -0.25) is 19.4 Å². The largest absolute Gasteiger partial charge is 0.340 e. The first-order valence-corrected chi connectivity index (χ1v) is 11.9. The van der Waals surface area contributed by atoms with Gasteiger partial charge < -0.3 is 4.90 Å². The van der Waals surface area contributed by atoms with Gasteiger partial charge in [-0.2, -0.15) is 0 Å². The third kappa shape index (κ3) is 5.21. The molecule has 2 aliphatic heterocycles. The minimum absolute atomic E-state index is 0.0537. The SMILES string of the molecule is O=C(CCN=C1NS(=O)(=O)c2ccccc21)N1CCN(C/C=C/c2ccccc2)CC1. The molecule has 2 aliphatic rings. The standard InChI is InChI=1S/C23H26N4O3S/c28-22(12-13-24-23-20-10-4-5-11-21(20)31(29,30)25-23)27-17-15-26(16-18-27)14-6-9-19-7-2-1-3-8-19/h1-11H,12-18H2,(H,24,25)/b9-6+. The Balaban J connectivity index is 1.23. The summed E-state index contributed by atoms with van der Waals surface area (Å²) in [4.78, 5) is 21.3. The fraction of sp³-hybridized carbons (Fsp3) is 0.304. The number of aliphatic imine (C=N–C) groups is 1. The van der Waals surface area contributed by atoms with E-state index in [-0.39, 0.29) is 23.8 Å². The second-order valence-electron chi connectivity index (χ2n) is 7.58. The average Bonchev–Trinajstić information content (AvgIpc) is 3.05. The summed E-state index contributed by atoms with van der Waals surface area (Å²) in [5.41, 5.74) is 1.75. The average molecular weight is 439 g/mol. The van der Waals surface area contributed by atoms with Gasteiger partial charge in [0.15, 0.2) is 0 Å². The molecule has 1 fully saturated rings. The molecule has 0 bridgehead atoms. The summed E-state index contributed by atoms with van der Waals surface area (Å²) >= 11 is 0. The number of amides is 1. The van der Waals surface area contributed by atoms with E-state index in [9.17, 15) is 13.2 Å². The lowest BCUT2D eigenvalue weighted by molar-refractivity contribution is -0.132. The molecule has 2 aromatic carbocycles. The van der Waals surface area contributed by atoms with Gasteiger partial charge in [-0.1, -0.05) is 54.6 Å². The summed E-state index contributed by atoms with van der Waals surface area (Å²) in [6, 6.07) is 16.9. The molecule has 0 unspecified atom stereocenters. The van der Waals surface area contributed by atoms with Crippen LogP contribution < -0.4 is 4.72 Å². The van der Waals surface area contributed by atoms with Crippen LogP contribution in [0.15, 0.2) is 70.6 Å². The molecule has 0 saturated carbocycles. The predicted octanol–water partition coefficient (Wildman–Crippen LogP) is 1.97. The van der Waals surface area contributed by atoms with Crippen LogP contribution in [0.1, 0.15) is 17.5 Å². The third-order valence-corrected chi connectivity index (χ3v) is 6.85. The number of piperazine rings is 1. The van der Waals surface area contributed by atoms with E-state index in [4.69, 9.17) is 0 Å². The lowest BCUT2D eigenvalue weighted by Crippen LogP contribution is -2.48. The van der Waals surface area contributed by atoms with E-state index < -0.39 is 10.0 Å². The van der Waals surface area contributed by atoms with Crippen LogP contribution in [0.5, 0.6) is 0 Å². The van der Waals surface area contributed by atoms with E-state index in [1.165, 1.54) is 5.56 Å². The zero-order valence-electron chi connectivity index (χ0n) is 17.3. The molecule has 0 aliphatic carbocycles. The van der Waals surface area contributed by atoms with E-state index in [0.29, 0.717) is 24.5 Å². The molecule has 1 amide bonds. The summed E-state index contributed by atoms with van der Waals surface area (Å²) in [5.74, 6) is 0.372. The maximum atomic E-state index is 12.5. The highest BCUT2D eigenvalue weighted by Crippen LogP contribution is 2.22. The molecule has 0 spiro atoms. The van der Waals surface area contributed by atoms with E-state index >= 15 is 0 Å². The molecular weight excluding hydrogens is 412 g/mol. The molecule has 162 valence electrons. The van der Waals surface area contributed by atoms with Gasteiger partial charge in [-0.05, 0) is 17.7 Å². The number of fused-ring (bicyclic) bond motifs is 1. The summed E-state index contributed by atoms with van der Waals surface area (Å²) < 4.78 is 26.7. The van der Waals surface area contributed by atoms with Crippen LogP contribution in [0, 0.1) is 0 Å². The Hall–Kier alpha value is -2.97. The van der Waals surface area contributed by atoms with Gasteiger partial charge in [-0.15, -0.1) is 0 Å². The van der Waals surface area contributed by atoms with Crippen molar-refractivity contribution in [3.8, 4) is 0 Å². The van der Waals surface area contributed by atoms with Crippen LogP contribution in [-0.2, 0) is 14.8 Å². The van der Waals surface area contributed by atoms with Crippen molar-refractivity contribution in [3.05, 3.63) is 71.8 Å². The highest BCUT2D eigenvalue weighted by atomic mass is 32.2. The zero-order chi connectivity index (χ0) is 21.7. The molecule has 2 aromatic rings. The van der Waals surface area contributed by atoms with Crippen LogP contribution in [0.25, 0.3) is 6.08 Å². The second-order valence-corrected chi connectivity index (χ2v) is 9.23. The normalized spacial score (nSPS) is 19.5. The molecule has 7 nitrogen and oxygen atoms in total. The van der Waals surface area contributed by atoms with Crippen LogP contribution >= 0.6 is 0 Å². The minimum Gasteiger partial charge on any atom is -0.340 e. The van der Waals surface area contributed by atoms with Crippen molar-refractivity contribution in [1.29, 1.82) is 0 Å². The van der Waals surface area contributed by atoms with Crippen LogP contribution in [0.4, 0.5) is 0 Å². The molecule has 31 heavy (non-hydrogen) atoms. The maximum Gasteiger partial charge on any atom is 0.263 e. The number of benzene rings is 2. The Bertz CT molecular complexity index is 1090. The Labute approximate surface area is 183 Å². The number of nitrogens with one attached hydrogen (secondary N) is 1. The fourth-order valence-corrected chi connectivity index (χ4v) is 5.01. The van der Waals surface area contributed by atoms with Crippen LogP contribution in [0.3, 0.4) is 0 Å². The first kappa shape index (κ1) is 21.3. The van der Waals surface area contributed by atoms with Gasteiger partial charge in [0.25, 0.3) is 10.0 Å². The second kappa shape index (κ2) is 9.45. The number of sulfonamides is 1. The number of amidine groups is 1. The Kier molecular flexibility index (Phi) is 6.48.